The van der Waals surface area contributed by atoms with Crippen LogP contribution in [0.25, 0.3) is 11.0 Å². The van der Waals surface area contributed by atoms with Crippen LogP contribution in [0.2, 0.25) is 0 Å². The molecule has 1 aromatic carbocycles. The first-order chi connectivity index (χ1) is 10.8. The Balaban J connectivity index is 1.83. The zero-order valence-electron chi connectivity index (χ0n) is 12.9. The molecule has 4 nitrogen and oxygen atoms in total. The van der Waals surface area contributed by atoms with Gasteiger partial charge in [-0.1, -0.05) is 24.6 Å². The molecule has 0 unspecified atom stereocenters. The second-order valence-corrected chi connectivity index (χ2v) is 5.57. The lowest BCUT2D eigenvalue weighted by Gasteiger charge is -2.05. The van der Waals surface area contributed by atoms with Crippen LogP contribution in [0.1, 0.15) is 32.0 Å². The van der Waals surface area contributed by atoms with Crippen LogP contribution >= 0.6 is 0 Å². The predicted octanol–water partition coefficient (Wildman–Crippen LogP) is 3.83. The van der Waals surface area contributed by atoms with Gasteiger partial charge >= 0.3 is 0 Å². The minimum atomic E-state index is -0.127. The average molecular weight is 295 g/mol. The Kier molecular flexibility index (Phi) is 4.37. The normalized spacial score (nSPS) is 15.3. The summed E-state index contributed by atoms with van der Waals surface area (Å²) < 4.78 is 2.32. The third-order valence-electron chi connectivity index (χ3n) is 3.93. The summed E-state index contributed by atoms with van der Waals surface area (Å²) in [5.74, 6) is 1.04. The van der Waals surface area contributed by atoms with E-state index in [-0.39, 0.29) is 5.91 Å². The predicted molar refractivity (Wildman–Crippen MR) is 89.9 cm³/mol. The second kappa shape index (κ2) is 6.60. The highest BCUT2D eigenvalue weighted by Gasteiger charge is 2.13. The SMILES string of the molecule is CC=CC=CC(=O)Nc1ccc2c(c1)nc1n2CCCCC1. The molecule has 0 saturated heterocycles. The summed E-state index contributed by atoms with van der Waals surface area (Å²) in [7, 11) is 0. The van der Waals surface area contributed by atoms with Gasteiger partial charge in [0, 0.05) is 24.7 Å². The lowest BCUT2D eigenvalue weighted by molar-refractivity contribution is -0.111. The number of fused-ring (bicyclic) bond motifs is 3. The number of anilines is 1. The maximum atomic E-state index is 11.8. The van der Waals surface area contributed by atoms with Crippen molar-refractivity contribution in [3.8, 4) is 0 Å². The van der Waals surface area contributed by atoms with Crippen molar-refractivity contribution < 1.29 is 4.79 Å². The Bertz CT molecular complexity index is 740. The maximum Gasteiger partial charge on any atom is 0.248 e. The van der Waals surface area contributed by atoms with Crippen LogP contribution in [0, 0.1) is 0 Å². The van der Waals surface area contributed by atoms with E-state index >= 15 is 0 Å². The van der Waals surface area contributed by atoms with Crippen LogP contribution < -0.4 is 5.32 Å². The van der Waals surface area contributed by atoms with Gasteiger partial charge in [-0.2, -0.15) is 0 Å². The molecule has 0 saturated carbocycles. The highest BCUT2D eigenvalue weighted by molar-refractivity contribution is 6.00. The molecule has 114 valence electrons. The van der Waals surface area contributed by atoms with Crippen molar-refractivity contribution in [2.75, 3.05) is 5.32 Å². The minimum absolute atomic E-state index is 0.127. The van der Waals surface area contributed by atoms with Gasteiger partial charge in [-0.05, 0) is 38.0 Å². The average Bonchev–Trinajstić information content (AvgIpc) is 2.68. The van der Waals surface area contributed by atoms with Crippen LogP contribution in [0.5, 0.6) is 0 Å². The summed E-state index contributed by atoms with van der Waals surface area (Å²) >= 11 is 0. The molecular weight excluding hydrogens is 274 g/mol. The fraction of sp³-hybridized carbons (Fsp3) is 0.333. The van der Waals surface area contributed by atoms with E-state index in [1.807, 2.05) is 31.2 Å². The number of carbonyl (C=O) groups is 1. The largest absolute Gasteiger partial charge is 0.328 e. The smallest absolute Gasteiger partial charge is 0.248 e. The van der Waals surface area contributed by atoms with Gasteiger partial charge in [0.25, 0.3) is 0 Å². The first kappa shape index (κ1) is 14.6. The maximum absolute atomic E-state index is 11.8. The number of rotatable bonds is 3. The molecule has 0 aliphatic carbocycles. The molecule has 1 aromatic heterocycles. The van der Waals surface area contributed by atoms with Gasteiger partial charge in [-0.15, -0.1) is 0 Å². The molecule has 2 aromatic rings. The van der Waals surface area contributed by atoms with Crippen LogP contribution in [0.3, 0.4) is 0 Å². The van der Waals surface area contributed by atoms with E-state index in [1.165, 1.54) is 36.7 Å². The second-order valence-electron chi connectivity index (χ2n) is 5.57. The highest BCUT2D eigenvalue weighted by atomic mass is 16.1. The van der Waals surface area contributed by atoms with Gasteiger partial charge in [0.2, 0.25) is 5.91 Å². The van der Waals surface area contributed by atoms with Gasteiger partial charge in [0.05, 0.1) is 11.0 Å². The molecule has 1 aliphatic heterocycles. The number of hydrogen-bond donors (Lipinski definition) is 1. The van der Waals surface area contributed by atoms with E-state index in [1.54, 1.807) is 6.08 Å². The molecule has 3 rings (SSSR count). The summed E-state index contributed by atoms with van der Waals surface area (Å²) in [5, 5.41) is 2.88. The zero-order valence-corrected chi connectivity index (χ0v) is 12.9. The van der Waals surface area contributed by atoms with Crippen molar-refractivity contribution in [1.82, 2.24) is 9.55 Å². The molecular formula is C18H21N3O. The molecule has 22 heavy (non-hydrogen) atoms. The van der Waals surface area contributed by atoms with Crippen LogP contribution in [0.4, 0.5) is 5.69 Å². The van der Waals surface area contributed by atoms with E-state index in [2.05, 4.69) is 16.0 Å². The standard InChI is InChI=1S/C18H21N3O/c1-2-3-5-9-18(22)19-14-10-11-16-15(13-14)20-17-8-6-4-7-12-21(16)17/h2-3,5,9-11,13H,4,6-8,12H2,1H3,(H,19,22). The van der Waals surface area contributed by atoms with Crippen molar-refractivity contribution in [3.05, 3.63) is 48.3 Å². The number of hydrogen-bond acceptors (Lipinski definition) is 2. The molecule has 0 bridgehead atoms. The van der Waals surface area contributed by atoms with Gasteiger partial charge in [0.1, 0.15) is 5.82 Å². The number of allylic oxidation sites excluding steroid dienone is 3. The van der Waals surface area contributed by atoms with Crippen LogP contribution in [0.15, 0.2) is 42.5 Å². The Hall–Kier alpha value is -2.36. The van der Waals surface area contributed by atoms with Crippen molar-refractivity contribution in [2.45, 2.75) is 39.2 Å². The lowest BCUT2D eigenvalue weighted by atomic mass is 10.2. The van der Waals surface area contributed by atoms with Crippen molar-refractivity contribution in [1.29, 1.82) is 0 Å². The minimum Gasteiger partial charge on any atom is -0.328 e. The number of amides is 1. The molecule has 0 radical (unpaired) electrons. The summed E-state index contributed by atoms with van der Waals surface area (Å²) in [6, 6.07) is 5.96. The number of nitrogens with zero attached hydrogens (tertiary/aromatic N) is 2. The third kappa shape index (κ3) is 3.11. The van der Waals surface area contributed by atoms with Gasteiger partial charge < -0.3 is 9.88 Å². The van der Waals surface area contributed by atoms with Crippen LogP contribution in [-0.4, -0.2) is 15.5 Å². The number of carbonyl (C=O) groups excluding carboxylic acids is 1. The van der Waals surface area contributed by atoms with Crippen molar-refractivity contribution in [2.24, 2.45) is 0 Å². The Morgan fingerprint density at radius 1 is 1.27 bits per heavy atom. The molecule has 0 fully saturated rings. The highest BCUT2D eigenvalue weighted by Crippen LogP contribution is 2.24. The number of benzene rings is 1. The topological polar surface area (TPSA) is 46.9 Å². The van der Waals surface area contributed by atoms with Crippen molar-refractivity contribution >= 4 is 22.6 Å². The number of imidazole rings is 1. The summed E-state index contributed by atoms with van der Waals surface area (Å²) in [6.45, 7) is 2.96. The van der Waals surface area contributed by atoms with E-state index in [0.29, 0.717) is 0 Å². The Morgan fingerprint density at radius 3 is 3.05 bits per heavy atom. The van der Waals surface area contributed by atoms with Crippen LogP contribution in [-0.2, 0) is 17.8 Å². The summed E-state index contributed by atoms with van der Waals surface area (Å²) in [5.41, 5.74) is 2.92. The fourth-order valence-electron chi connectivity index (χ4n) is 2.87. The van der Waals surface area contributed by atoms with Gasteiger partial charge in [0.15, 0.2) is 0 Å². The first-order valence-corrected chi connectivity index (χ1v) is 7.87. The fourth-order valence-corrected chi connectivity index (χ4v) is 2.87. The summed E-state index contributed by atoms with van der Waals surface area (Å²) in [6.07, 6.45) is 11.7. The molecule has 1 amide bonds. The van der Waals surface area contributed by atoms with E-state index < -0.39 is 0 Å². The number of nitrogens with one attached hydrogen (secondary N) is 1. The number of aromatic nitrogens is 2. The third-order valence-corrected chi connectivity index (χ3v) is 3.93. The molecule has 0 spiro atoms. The molecule has 1 aliphatic rings. The Labute approximate surface area is 130 Å². The number of aryl methyl sites for hydroxylation is 2. The zero-order chi connectivity index (χ0) is 15.4. The van der Waals surface area contributed by atoms with Gasteiger partial charge in [-0.25, -0.2) is 4.98 Å². The Morgan fingerprint density at radius 2 is 2.18 bits per heavy atom. The molecule has 0 atom stereocenters. The molecule has 2 heterocycles. The quantitative estimate of drug-likeness (QED) is 0.691. The van der Waals surface area contributed by atoms with E-state index in [4.69, 9.17) is 4.98 Å². The van der Waals surface area contributed by atoms with Crippen molar-refractivity contribution in [3.63, 3.8) is 0 Å². The lowest BCUT2D eigenvalue weighted by Crippen LogP contribution is -2.07. The van der Waals surface area contributed by atoms with E-state index in [0.717, 1.165) is 24.2 Å². The van der Waals surface area contributed by atoms with Gasteiger partial charge in [-0.3, -0.25) is 4.79 Å². The first-order valence-electron chi connectivity index (χ1n) is 7.87. The summed E-state index contributed by atoms with van der Waals surface area (Å²) in [4.78, 5) is 16.5. The van der Waals surface area contributed by atoms with E-state index in [9.17, 15) is 4.79 Å². The molecule has 1 N–H and O–H groups in total. The monoisotopic (exact) mass is 295 g/mol. The molecule has 4 heteroatoms.